The molecular weight excluding hydrogens is 240 g/mol. The predicted molar refractivity (Wildman–Crippen MR) is 63.2 cm³/mol. The molecule has 104 valence electrons. The molecule has 0 spiro atoms. The number of nitrogens with zero attached hydrogens (tertiary/aromatic N) is 1. The number of carbonyl (C=O) groups is 2. The summed E-state index contributed by atoms with van der Waals surface area (Å²) in [6, 6.07) is -0.426. The van der Waals surface area contributed by atoms with E-state index >= 15 is 0 Å². The third kappa shape index (κ3) is 5.83. The van der Waals surface area contributed by atoms with Crippen molar-refractivity contribution >= 4 is 12.0 Å². The van der Waals surface area contributed by atoms with Gasteiger partial charge in [0.05, 0.1) is 13.2 Å². The Hall–Kier alpha value is -1.34. The molecule has 1 atom stereocenters. The molecule has 0 unspecified atom stereocenters. The molecule has 7 nitrogen and oxygen atoms in total. The average Bonchev–Trinajstić information content (AvgIpc) is 3.14. The van der Waals surface area contributed by atoms with Gasteiger partial charge in [-0.25, -0.2) is 9.59 Å². The second-order valence-corrected chi connectivity index (χ2v) is 4.48. The van der Waals surface area contributed by atoms with Crippen LogP contribution in [0.3, 0.4) is 0 Å². The first kappa shape index (κ1) is 14.7. The highest BCUT2D eigenvalue weighted by Gasteiger charge is 2.21. The van der Waals surface area contributed by atoms with E-state index in [0.29, 0.717) is 19.1 Å². The number of hydrogen-bond acceptors (Lipinski definition) is 4. The van der Waals surface area contributed by atoms with Crippen LogP contribution < -0.4 is 5.32 Å². The minimum absolute atomic E-state index is 0.304. The van der Waals surface area contributed by atoms with Crippen LogP contribution in [0.1, 0.15) is 12.8 Å². The molecule has 0 aromatic heterocycles. The maximum absolute atomic E-state index is 11.5. The van der Waals surface area contributed by atoms with Crippen molar-refractivity contribution in [2.24, 2.45) is 5.92 Å². The van der Waals surface area contributed by atoms with Crippen LogP contribution in [0.25, 0.3) is 0 Å². The number of hydrogen-bond donors (Lipinski definition) is 3. The Morgan fingerprint density at radius 2 is 2.17 bits per heavy atom. The first-order chi connectivity index (χ1) is 8.50. The molecule has 0 bridgehead atoms. The Morgan fingerprint density at radius 1 is 1.50 bits per heavy atom. The topological polar surface area (TPSA) is 99.1 Å². The second-order valence-electron chi connectivity index (χ2n) is 4.48. The molecule has 1 fully saturated rings. The summed E-state index contributed by atoms with van der Waals surface area (Å²) in [5.74, 6) is -0.666. The van der Waals surface area contributed by atoms with Gasteiger partial charge >= 0.3 is 12.0 Å². The van der Waals surface area contributed by atoms with Crippen LogP contribution in [0.5, 0.6) is 0 Å². The van der Waals surface area contributed by atoms with E-state index in [0.717, 1.165) is 6.61 Å². The van der Waals surface area contributed by atoms with Crippen LogP contribution in [0.15, 0.2) is 0 Å². The summed E-state index contributed by atoms with van der Waals surface area (Å²) >= 11 is 0. The lowest BCUT2D eigenvalue weighted by Crippen LogP contribution is -2.43. The number of carboxylic acid groups (broad SMARTS) is 1. The fraction of sp³-hybridized carbons (Fsp3) is 0.818. The van der Waals surface area contributed by atoms with Gasteiger partial charge in [0, 0.05) is 20.2 Å². The maximum atomic E-state index is 11.5. The van der Waals surface area contributed by atoms with Gasteiger partial charge in [-0.3, -0.25) is 0 Å². The van der Waals surface area contributed by atoms with Gasteiger partial charge in [-0.1, -0.05) is 0 Å². The first-order valence-electron chi connectivity index (χ1n) is 5.98. The maximum Gasteiger partial charge on any atom is 0.334 e. The van der Waals surface area contributed by atoms with E-state index in [4.69, 9.17) is 14.9 Å². The molecular formula is C11H20N2O5. The lowest BCUT2D eigenvalue weighted by Gasteiger charge is -2.18. The number of likely N-dealkylation sites (N-methyl/N-ethyl adjacent to an activating group) is 1. The molecule has 3 N–H and O–H groups in total. The van der Waals surface area contributed by atoms with Gasteiger partial charge in [0.2, 0.25) is 0 Å². The highest BCUT2D eigenvalue weighted by molar-refractivity contribution is 5.76. The largest absolute Gasteiger partial charge is 0.479 e. The third-order valence-electron chi connectivity index (χ3n) is 2.70. The fourth-order valence-electron chi connectivity index (χ4n) is 1.24. The van der Waals surface area contributed by atoms with Crippen LogP contribution >= 0.6 is 0 Å². The predicted octanol–water partition coefficient (Wildman–Crippen LogP) is -0.500. The summed E-state index contributed by atoms with van der Waals surface area (Å²) in [6.07, 6.45) is 0.876. The first-order valence-corrected chi connectivity index (χ1v) is 5.98. The van der Waals surface area contributed by atoms with Crippen molar-refractivity contribution in [3.63, 3.8) is 0 Å². The Kier molecular flexibility index (Phi) is 5.87. The van der Waals surface area contributed by atoms with Gasteiger partial charge in [-0.2, -0.15) is 0 Å². The number of rotatable bonds is 8. The summed E-state index contributed by atoms with van der Waals surface area (Å²) < 4.78 is 5.38. The van der Waals surface area contributed by atoms with Crippen LogP contribution in [-0.2, 0) is 9.53 Å². The van der Waals surface area contributed by atoms with E-state index in [-0.39, 0.29) is 6.54 Å². The molecule has 7 heteroatoms. The minimum Gasteiger partial charge on any atom is -0.479 e. The monoisotopic (exact) mass is 260 g/mol. The zero-order valence-electron chi connectivity index (χ0n) is 10.5. The van der Waals surface area contributed by atoms with E-state index in [1.165, 1.54) is 17.7 Å². The van der Waals surface area contributed by atoms with Crippen LogP contribution in [-0.4, -0.2) is 66.6 Å². The Bertz CT molecular complexity index is 293. The molecule has 1 aliphatic carbocycles. The smallest absolute Gasteiger partial charge is 0.334 e. The van der Waals surface area contributed by atoms with Gasteiger partial charge < -0.3 is 25.2 Å². The highest BCUT2D eigenvalue weighted by Crippen LogP contribution is 2.28. The summed E-state index contributed by atoms with van der Waals surface area (Å²) in [5, 5.41) is 19.7. The number of aliphatic hydroxyl groups is 1. The zero-order chi connectivity index (χ0) is 13.5. The van der Waals surface area contributed by atoms with Gasteiger partial charge in [-0.05, 0) is 18.8 Å². The highest BCUT2D eigenvalue weighted by atomic mass is 16.5. The number of aliphatic carboxylic acids is 1. The molecule has 0 heterocycles. The number of aliphatic hydroxyl groups excluding tert-OH is 1. The Morgan fingerprint density at radius 3 is 2.72 bits per heavy atom. The molecule has 1 saturated carbocycles. The number of nitrogens with one attached hydrogen (secondary N) is 1. The molecule has 0 radical (unpaired) electrons. The van der Waals surface area contributed by atoms with Crippen LogP contribution in [0.2, 0.25) is 0 Å². The van der Waals surface area contributed by atoms with E-state index in [2.05, 4.69) is 5.32 Å². The van der Waals surface area contributed by atoms with Gasteiger partial charge in [0.1, 0.15) is 0 Å². The van der Waals surface area contributed by atoms with Crippen LogP contribution in [0.4, 0.5) is 4.79 Å². The van der Waals surface area contributed by atoms with Crippen molar-refractivity contribution in [3.8, 4) is 0 Å². The van der Waals surface area contributed by atoms with Crippen molar-refractivity contribution in [2.75, 3.05) is 33.4 Å². The van der Waals surface area contributed by atoms with Gasteiger partial charge in [0.15, 0.2) is 6.10 Å². The Balaban J connectivity index is 2.05. The number of urea groups is 1. The number of ether oxygens (including phenoxy) is 1. The summed E-state index contributed by atoms with van der Waals surface area (Å²) in [6.45, 7) is 1.33. The van der Waals surface area contributed by atoms with Crippen LogP contribution in [0, 0.1) is 5.92 Å². The number of amides is 2. The fourth-order valence-corrected chi connectivity index (χ4v) is 1.24. The lowest BCUT2D eigenvalue weighted by atomic mass is 10.3. The van der Waals surface area contributed by atoms with E-state index in [1.54, 1.807) is 7.05 Å². The number of carbonyl (C=O) groups excluding carboxylic acids is 1. The standard InChI is InChI=1S/C11H20N2O5/c1-13(4-5-18-7-8-2-3-8)11(17)12-6-9(14)10(15)16/h8-9,14H,2-7H2,1H3,(H,12,17)(H,15,16)/t9-/m0/s1. The molecule has 18 heavy (non-hydrogen) atoms. The Labute approximate surface area is 106 Å². The lowest BCUT2D eigenvalue weighted by molar-refractivity contribution is -0.146. The van der Waals surface area contributed by atoms with Crippen molar-refractivity contribution in [1.29, 1.82) is 0 Å². The quantitative estimate of drug-likeness (QED) is 0.511. The minimum atomic E-state index is -1.58. The normalized spacial score (nSPS) is 16.1. The third-order valence-corrected chi connectivity index (χ3v) is 2.70. The van der Waals surface area contributed by atoms with Crippen molar-refractivity contribution in [3.05, 3.63) is 0 Å². The average molecular weight is 260 g/mol. The summed E-state index contributed by atoms with van der Waals surface area (Å²) in [5.41, 5.74) is 0. The van der Waals surface area contributed by atoms with Gasteiger partial charge in [-0.15, -0.1) is 0 Å². The molecule has 1 rings (SSSR count). The van der Waals surface area contributed by atoms with E-state index in [9.17, 15) is 9.59 Å². The summed E-state index contributed by atoms with van der Waals surface area (Å²) in [4.78, 5) is 23.2. The second kappa shape index (κ2) is 7.17. The van der Waals surface area contributed by atoms with Crippen molar-refractivity contribution in [1.82, 2.24) is 10.2 Å². The van der Waals surface area contributed by atoms with Crippen molar-refractivity contribution in [2.45, 2.75) is 18.9 Å². The van der Waals surface area contributed by atoms with E-state index < -0.39 is 18.1 Å². The molecule has 2 amide bonds. The molecule has 0 saturated heterocycles. The molecule has 0 aromatic rings. The summed E-state index contributed by atoms with van der Waals surface area (Å²) in [7, 11) is 1.59. The molecule has 1 aliphatic rings. The van der Waals surface area contributed by atoms with Crippen molar-refractivity contribution < 1.29 is 24.5 Å². The number of carboxylic acids is 1. The molecule has 0 aliphatic heterocycles. The van der Waals surface area contributed by atoms with E-state index in [1.807, 2.05) is 0 Å². The zero-order valence-corrected chi connectivity index (χ0v) is 10.5. The van der Waals surface area contributed by atoms with Gasteiger partial charge in [0.25, 0.3) is 0 Å². The molecule has 0 aromatic carbocycles. The SMILES string of the molecule is CN(CCOCC1CC1)C(=O)NC[C@H](O)C(=O)O.